The molecule has 1 unspecified atom stereocenters. The molecule has 0 saturated carbocycles. The van der Waals surface area contributed by atoms with E-state index in [0.717, 1.165) is 30.4 Å². The van der Waals surface area contributed by atoms with Gasteiger partial charge in [0.05, 0.1) is 5.92 Å². The number of carbonyl (C=O) groups excluding carboxylic acids is 2. The number of carbonyl (C=O) groups is 2. The second-order valence-corrected chi connectivity index (χ2v) is 8.10. The number of likely N-dealkylation sites (tertiary alicyclic amines) is 1. The van der Waals surface area contributed by atoms with Crippen molar-refractivity contribution in [2.45, 2.75) is 51.0 Å². The fourth-order valence-electron chi connectivity index (χ4n) is 3.95. The highest BCUT2D eigenvalue weighted by molar-refractivity contribution is 6.30. The Morgan fingerprint density at radius 2 is 1.83 bits per heavy atom. The summed E-state index contributed by atoms with van der Waals surface area (Å²) in [4.78, 5) is 27.2. The van der Waals surface area contributed by atoms with Gasteiger partial charge in [0.15, 0.2) is 0 Å². The van der Waals surface area contributed by atoms with Crippen LogP contribution in [0.25, 0.3) is 0 Å². The molecule has 4 nitrogen and oxygen atoms in total. The number of rotatable bonds is 7. The second kappa shape index (κ2) is 10.4. The summed E-state index contributed by atoms with van der Waals surface area (Å²) < 4.78 is 0. The van der Waals surface area contributed by atoms with Crippen LogP contribution in [0.15, 0.2) is 54.6 Å². The molecule has 0 bridgehead atoms. The number of benzene rings is 2. The normalized spacial score (nSPS) is 15.7. The quantitative estimate of drug-likeness (QED) is 0.723. The summed E-state index contributed by atoms with van der Waals surface area (Å²) in [5.74, 6) is 0.176. The molecule has 29 heavy (non-hydrogen) atoms. The maximum absolute atomic E-state index is 13.0. The van der Waals surface area contributed by atoms with Crippen LogP contribution >= 0.6 is 11.6 Å². The molecule has 5 heteroatoms. The fraction of sp³-hybridized carbons (Fsp3) is 0.417. The third kappa shape index (κ3) is 6.07. The Morgan fingerprint density at radius 3 is 2.48 bits per heavy atom. The fourth-order valence-corrected chi connectivity index (χ4v) is 4.17. The average molecular weight is 413 g/mol. The van der Waals surface area contributed by atoms with Crippen molar-refractivity contribution < 1.29 is 9.59 Å². The molecule has 1 fully saturated rings. The van der Waals surface area contributed by atoms with Gasteiger partial charge in [-0.1, -0.05) is 61.0 Å². The van der Waals surface area contributed by atoms with E-state index in [9.17, 15) is 9.59 Å². The van der Waals surface area contributed by atoms with E-state index in [2.05, 4.69) is 12.2 Å². The van der Waals surface area contributed by atoms with Gasteiger partial charge < -0.3 is 10.2 Å². The number of piperidine rings is 1. The van der Waals surface area contributed by atoms with E-state index in [1.165, 1.54) is 0 Å². The van der Waals surface area contributed by atoms with Crippen LogP contribution in [0.1, 0.15) is 49.7 Å². The summed E-state index contributed by atoms with van der Waals surface area (Å²) in [5, 5.41) is 3.82. The number of nitrogens with zero attached hydrogens (tertiary/aromatic N) is 1. The molecule has 154 valence electrons. The number of aryl methyl sites for hydroxylation is 1. The van der Waals surface area contributed by atoms with E-state index >= 15 is 0 Å². The van der Waals surface area contributed by atoms with Gasteiger partial charge in [0.1, 0.15) is 0 Å². The van der Waals surface area contributed by atoms with E-state index in [0.29, 0.717) is 31.0 Å². The highest BCUT2D eigenvalue weighted by Gasteiger charge is 2.28. The van der Waals surface area contributed by atoms with Crippen LogP contribution in [0.2, 0.25) is 5.02 Å². The van der Waals surface area contributed by atoms with Gasteiger partial charge in [-0.05, 0) is 48.9 Å². The first kappa shape index (κ1) is 21.4. The van der Waals surface area contributed by atoms with Gasteiger partial charge in [-0.2, -0.15) is 0 Å². The predicted octanol–water partition coefficient (Wildman–Crippen LogP) is 4.57. The molecule has 3 rings (SSSR count). The van der Waals surface area contributed by atoms with Gasteiger partial charge in [0.2, 0.25) is 11.8 Å². The van der Waals surface area contributed by atoms with Crippen molar-refractivity contribution in [2.75, 3.05) is 13.1 Å². The Hall–Kier alpha value is -2.33. The Balaban J connectivity index is 1.45. The Bertz CT molecular complexity index is 817. The zero-order valence-corrected chi connectivity index (χ0v) is 17.7. The minimum Gasteiger partial charge on any atom is -0.353 e. The summed E-state index contributed by atoms with van der Waals surface area (Å²) in [7, 11) is 0. The van der Waals surface area contributed by atoms with E-state index in [1.807, 2.05) is 59.5 Å². The summed E-state index contributed by atoms with van der Waals surface area (Å²) in [6.45, 7) is 3.45. The smallest absolute Gasteiger partial charge is 0.230 e. The van der Waals surface area contributed by atoms with Gasteiger partial charge in [0.25, 0.3) is 0 Å². The molecule has 2 amide bonds. The van der Waals surface area contributed by atoms with Crippen molar-refractivity contribution in [3.63, 3.8) is 0 Å². The third-order valence-electron chi connectivity index (χ3n) is 5.61. The average Bonchev–Trinajstić information content (AvgIpc) is 2.74. The monoisotopic (exact) mass is 412 g/mol. The predicted molar refractivity (Wildman–Crippen MR) is 117 cm³/mol. The Kier molecular flexibility index (Phi) is 7.70. The second-order valence-electron chi connectivity index (χ2n) is 7.67. The lowest BCUT2D eigenvalue weighted by atomic mass is 9.93. The van der Waals surface area contributed by atoms with Crippen LogP contribution in [0.4, 0.5) is 0 Å². The molecule has 1 aliphatic rings. The Labute approximate surface area is 178 Å². The number of hydrogen-bond acceptors (Lipinski definition) is 2. The van der Waals surface area contributed by atoms with Gasteiger partial charge in [-0.15, -0.1) is 0 Å². The van der Waals surface area contributed by atoms with E-state index in [4.69, 9.17) is 11.6 Å². The molecule has 1 aliphatic heterocycles. The summed E-state index contributed by atoms with van der Waals surface area (Å²) in [5.41, 5.74) is 2.15. The van der Waals surface area contributed by atoms with Crippen molar-refractivity contribution in [2.24, 2.45) is 0 Å². The first-order valence-electron chi connectivity index (χ1n) is 10.4. The van der Waals surface area contributed by atoms with Crippen LogP contribution in [-0.2, 0) is 16.0 Å². The molecule has 0 aliphatic carbocycles. The van der Waals surface area contributed by atoms with Crippen LogP contribution in [0, 0.1) is 0 Å². The molecule has 2 aromatic carbocycles. The van der Waals surface area contributed by atoms with Crippen LogP contribution in [0.3, 0.4) is 0 Å². The lowest BCUT2D eigenvalue weighted by Crippen LogP contribution is -2.47. The van der Waals surface area contributed by atoms with Gasteiger partial charge >= 0.3 is 0 Å². The van der Waals surface area contributed by atoms with E-state index in [-0.39, 0.29) is 23.8 Å². The zero-order valence-electron chi connectivity index (χ0n) is 16.9. The maximum atomic E-state index is 13.0. The minimum absolute atomic E-state index is 0.0606. The summed E-state index contributed by atoms with van der Waals surface area (Å²) in [6.07, 6.45) is 3.53. The largest absolute Gasteiger partial charge is 0.353 e. The lowest BCUT2D eigenvalue weighted by molar-refractivity contribution is -0.134. The van der Waals surface area contributed by atoms with E-state index < -0.39 is 0 Å². The highest BCUT2D eigenvalue weighted by Crippen LogP contribution is 2.24. The first-order valence-corrected chi connectivity index (χ1v) is 10.8. The van der Waals surface area contributed by atoms with Crippen molar-refractivity contribution >= 4 is 23.4 Å². The van der Waals surface area contributed by atoms with Crippen molar-refractivity contribution in [1.29, 1.82) is 0 Å². The molecular formula is C24H29ClN2O2. The zero-order chi connectivity index (χ0) is 20.6. The lowest BCUT2D eigenvalue weighted by Gasteiger charge is -2.34. The number of halogens is 1. The van der Waals surface area contributed by atoms with Crippen LogP contribution in [-0.4, -0.2) is 35.8 Å². The number of amides is 2. The molecule has 2 aromatic rings. The van der Waals surface area contributed by atoms with Gasteiger partial charge in [0, 0.05) is 30.6 Å². The molecule has 1 saturated heterocycles. The molecule has 0 radical (unpaired) electrons. The molecular weight excluding hydrogens is 384 g/mol. The number of nitrogens with one attached hydrogen (secondary N) is 1. The number of hydrogen-bond donors (Lipinski definition) is 1. The molecule has 1 atom stereocenters. The van der Waals surface area contributed by atoms with Crippen molar-refractivity contribution in [1.82, 2.24) is 10.2 Å². The third-order valence-corrected chi connectivity index (χ3v) is 5.84. The van der Waals surface area contributed by atoms with Crippen LogP contribution in [0.5, 0.6) is 0 Å². The van der Waals surface area contributed by atoms with Crippen molar-refractivity contribution in [3.8, 4) is 0 Å². The molecule has 0 spiro atoms. The van der Waals surface area contributed by atoms with Gasteiger partial charge in [-0.25, -0.2) is 0 Å². The minimum atomic E-state index is -0.0833. The molecule has 1 heterocycles. The van der Waals surface area contributed by atoms with Gasteiger partial charge in [-0.3, -0.25) is 9.59 Å². The SMILES string of the molecule is CCC(C(=O)N1CCC(NC(=O)CCc2cccc(Cl)c2)CC1)c1ccccc1. The summed E-state index contributed by atoms with van der Waals surface area (Å²) >= 11 is 5.99. The Morgan fingerprint density at radius 1 is 1.10 bits per heavy atom. The van der Waals surface area contributed by atoms with Crippen LogP contribution < -0.4 is 5.32 Å². The first-order chi connectivity index (χ1) is 14.1. The van der Waals surface area contributed by atoms with Crippen molar-refractivity contribution in [3.05, 3.63) is 70.7 Å². The molecule has 0 aromatic heterocycles. The maximum Gasteiger partial charge on any atom is 0.230 e. The topological polar surface area (TPSA) is 49.4 Å². The highest BCUT2D eigenvalue weighted by atomic mass is 35.5. The molecule has 1 N–H and O–H groups in total. The standard InChI is InChI=1S/C24H29ClN2O2/c1-2-22(19-8-4-3-5-9-19)24(29)27-15-13-21(14-16-27)26-23(28)12-11-18-7-6-10-20(25)17-18/h3-10,17,21-22H,2,11-16H2,1H3,(H,26,28). The summed E-state index contributed by atoms with van der Waals surface area (Å²) in [6, 6.07) is 17.8. The van der Waals surface area contributed by atoms with E-state index in [1.54, 1.807) is 0 Å².